The molecule has 1 N–H and O–H groups in total. The largest absolute Gasteiger partial charge is 0.480 e. The van der Waals surface area contributed by atoms with Gasteiger partial charge in [0.2, 0.25) is 0 Å². The van der Waals surface area contributed by atoms with Gasteiger partial charge in [-0.1, -0.05) is 51.2 Å². The van der Waals surface area contributed by atoms with Crippen LogP contribution in [0.25, 0.3) is 0 Å². The third kappa shape index (κ3) is 6.25. The molecule has 22 heavy (non-hydrogen) atoms. The summed E-state index contributed by atoms with van der Waals surface area (Å²) in [7, 11) is 0. The molecule has 0 spiro atoms. The van der Waals surface area contributed by atoms with Crippen LogP contribution in [0.2, 0.25) is 0 Å². The predicted molar refractivity (Wildman–Crippen MR) is 99.2 cm³/mol. The van der Waals surface area contributed by atoms with E-state index in [1.165, 1.54) is 55.9 Å². The van der Waals surface area contributed by atoms with Crippen LogP contribution < -0.4 is 0 Å². The van der Waals surface area contributed by atoms with Crippen LogP contribution >= 0.6 is 23.5 Å². The first kappa shape index (κ1) is 19.4. The van der Waals surface area contributed by atoms with Gasteiger partial charge < -0.3 is 5.11 Å². The number of carboxylic acid groups (broad SMARTS) is 1. The molecule has 0 aliphatic heterocycles. The molecule has 0 saturated carbocycles. The number of aryl methyl sites for hydroxylation is 1. The number of unbranched alkanes of at least 4 members (excludes halogenated alkanes) is 5. The Morgan fingerprint density at radius 3 is 2.41 bits per heavy atom. The van der Waals surface area contributed by atoms with Gasteiger partial charge in [-0.15, -0.1) is 23.5 Å². The minimum absolute atomic E-state index is 0.467. The Hall–Kier alpha value is -0.610. The average Bonchev–Trinajstić information content (AvgIpc) is 2.52. The summed E-state index contributed by atoms with van der Waals surface area (Å²) in [4.78, 5) is 12.5. The zero-order valence-electron chi connectivity index (χ0n) is 13.9. The molecule has 0 aliphatic carbocycles. The normalized spacial score (nSPS) is 12.3. The quantitative estimate of drug-likeness (QED) is 0.408. The summed E-state index contributed by atoms with van der Waals surface area (Å²) < 4.78 is 0. The van der Waals surface area contributed by atoms with Gasteiger partial charge >= 0.3 is 5.97 Å². The lowest BCUT2D eigenvalue weighted by Gasteiger charge is -2.15. The van der Waals surface area contributed by atoms with Crippen LogP contribution in [0.4, 0.5) is 0 Å². The van der Waals surface area contributed by atoms with E-state index in [0.717, 1.165) is 16.9 Å². The summed E-state index contributed by atoms with van der Waals surface area (Å²) >= 11 is 3.03. The van der Waals surface area contributed by atoms with E-state index >= 15 is 0 Å². The highest BCUT2D eigenvalue weighted by molar-refractivity contribution is 8.00. The van der Waals surface area contributed by atoms with Crippen molar-refractivity contribution in [2.24, 2.45) is 0 Å². The maximum atomic E-state index is 11.4. The number of carboxylic acids is 1. The number of hydrogen-bond donors (Lipinski definition) is 1. The summed E-state index contributed by atoms with van der Waals surface area (Å²) in [6.07, 6.45) is 12.8. The number of aliphatic carboxylic acids is 1. The van der Waals surface area contributed by atoms with Crippen molar-refractivity contribution < 1.29 is 9.90 Å². The van der Waals surface area contributed by atoms with Crippen LogP contribution in [0.5, 0.6) is 0 Å². The number of benzene rings is 1. The third-order valence-electron chi connectivity index (χ3n) is 3.86. The van der Waals surface area contributed by atoms with Crippen molar-refractivity contribution in [1.82, 2.24) is 0 Å². The molecular formula is C18H28O2S2. The Balaban J connectivity index is 2.62. The molecule has 0 saturated heterocycles. The molecular weight excluding hydrogens is 312 g/mol. The van der Waals surface area contributed by atoms with Gasteiger partial charge in [-0.2, -0.15) is 0 Å². The van der Waals surface area contributed by atoms with Gasteiger partial charge in [0, 0.05) is 4.90 Å². The standard InChI is InChI=1S/C18H28O2S2/c1-4-5-6-7-8-9-10-14-11-12-15(16(13-14)21-2)17(22-3)18(19)20/h11-13,17H,4-10H2,1-3H3,(H,19,20). The number of thioether (sulfide) groups is 2. The van der Waals surface area contributed by atoms with E-state index < -0.39 is 11.2 Å². The van der Waals surface area contributed by atoms with Crippen LogP contribution in [-0.4, -0.2) is 23.6 Å². The molecule has 2 nitrogen and oxygen atoms in total. The summed E-state index contributed by atoms with van der Waals surface area (Å²) in [6, 6.07) is 6.29. The highest BCUT2D eigenvalue weighted by atomic mass is 32.2. The highest BCUT2D eigenvalue weighted by Crippen LogP contribution is 2.34. The molecule has 1 rings (SSSR count). The van der Waals surface area contributed by atoms with Crippen LogP contribution in [0.15, 0.2) is 23.1 Å². The summed E-state index contributed by atoms with van der Waals surface area (Å²) in [5, 5.41) is 8.86. The van der Waals surface area contributed by atoms with Gasteiger partial charge in [0.1, 0.15) is 5.25 Å². The molecule has 0 aromatic heterocycles. The molecule has 0 bridgehead atoms. The first-order chi connectivity index (χ1) is 10.6. The Labute approximate surface area is 143 Å². The molecule has 0 amide bonds. The highest BCUT2D eigenvalue weighted by Gasteiger charge is 2.21. The van der Waals surface area contributed by atoms with E-state index in [2.05, 4.69) is 19.1 Å². The third-order valence-corrected chi connectivity index (χ3v) is 5.58. The van der Waals surface area contributed by atoms with Crippen molar-refractivity contribution >= 4 is 29.5 Å². The van der Waals surface area contributed by atoms with Gasteiger partial charge in [0.25, 0.3) is 0 Å². The maximum absolute atomic E-state index is 11.4. The van der Waals surface area contributed by atoms with Crippen LogP contribution in [0, 0.1) is 0 Å². The Kier molecular flexibility index (Phi) is 9.73. The molecule has 124 valence electrons. The minimum Gasteiger partial charge on any atom is -0.480 e. The molecule has 0 fully saturated rings. The van der Waals surface area contributed by atoms with E-state index in [9.17, 15) is 9.90 Å². The number of carbonyl (C=O) groups is 1. The van der Waals surface area contributed by atoms with E-state index in [1.54, 1.807) is 11.8 Å². The van der Waals surface area contributed by atoms with Gasteiger partial charge in [-0.05, 0) is 42.5 Å². The van der Waals surface area contributed by atoms with Crippen molar-refractivity contribution in [2.75, 3.05) is 12.5 Å². The van der Waals surface area contributed by atoms with Crippen molar-refractivity contribution in [1.29, 1.82) is 0 Å². The van der Waals surface area contributed by atoms with E-state index in [-0.39, 0.29) is 0 Å². The second kappa shape index (κ2) is 11.0. The fourth-order valence-electron chi connectivity index (χ4n) is 2.60. The predicted octanol–water partition coefficient (Wildman–Crippen LogP) is 5.80. The molecule has 1 aromatic rings. The van der Waals surface area contributed by atoms with E-state index in [4.69, 9.17) is 0 Å². The molecule has 0 aliphatic rings. The van der Waals surface area contributed by atoms with Crippen LogP contribution in [0.3, 0.4) is 0 Å². The van der Waals surface area contributed by atoms with Crippen molar-refractivity contribution in [3.05, 3.63) is 29.3 Å². The molecule has 1 aromatic carbocycles. The first-order valence-electron chi connectivity index (χ1n) is 8.06. The summed E-state index contributed by atoms with van der Waals surface area (Å²) in [5.41, 5.74) is 2.26. The zero-order valence-corrected chi connectivity index (χ0v) is 15.6. The first-order valence-corrected chi connectivity index (χ1v) is 10.6. The van der Waals surface area contributed by atoms with Gasteiger partial charge in [-0.3, -0.25) is 4.79 Å². The Morgan fingerprint density at radius 1 is 1.14 bits per heavy atom. The van der Waals surface area contributed by atoms with Crippen LogP contribution in [-0.2, 0) is 11.2 Å². The average molecular weight is 341 g/mol. The molecule has 1 unspecified atom stereocenters. The van der Waals surface area contributed by atoms with Crippen molar-refractivity contribution in [2.45, 2.75) is 62.0 Å². The zero-order chi connectivity index (χ0) is 16.4. The lowest BCUT2D eigenvalue weighted by Crippen LogP contribution is -2.08. The molecule has 0 radical (unpaired) electrons. The molecule has 1 atom stereocenters. The summed E-state index contributed by atoms with van der Waals surface area (Å²) in [5.74, 6) is -0.758. The van der Waals surface area contributed by atoms with Crippen LogP contribution in [0.1, 0.15) is 61.8 Å². The summed E-state index contributed by atoms with van der Waals surface area (Å²) in [6.45, 7) is 2.24. The Bertz CT molecular complexity index is 460. The monoisotopic (exact) mass is 340 g/mol. The fourth-order valence-corrected chi connectivity index (χ4v) is 4.02. The SMILES string of the molecule is CCCCCCCCc1ccc(C(SC)C(=O)O)c(SC)c1. The van der Waals surface area contributed by atoms with Gasteiger partial charge in [0.15, 0.2) is 0 Å². The smallest absolute Gasteiger partial charge is 0.321 e. The second-order valence-electron chi connectivity index (χ2n) is 5.55. The fraction of sp³-hybridized carbons (Fsp3) is 0.611. The van der Waals surface area contributed by atoms with Gasteiger partial charge in [0.05, 0.1) is 0 Å². The van der Waals surface area contributed by atoms with E-state index in [0.29, 0.717) is 0 Å². The van der Waals surface area contributed by atoms with E-state index in [1.807, 2.05) is 18.6 Å². The van der Waals surface area contributed by atoms with Gasteiger partial charge in [-0.25, -0.2) is 0 Å². The Morgan fingerprint density at radius 2 is 1.82 bits per heavy atom. The number of rotatable bonds is 11. The topological polar surface area (TPSA) is 37.3 Å². The maximum Gasteiger partial charge on any atom is 0.321 e. The van der Waals surface area contributed by atoms with Crippen molar-refractivity contribution in [3.63, 3.8) is 0 Å². The lowest BCUT2D eigenvalue weighted by atomic mass is 10.0. The second-order valence-corrected chi connectivity index (χ2v) is 7.34. The number of hydrogen-bond acceptors (Lipinski definition) is 3. The molecule has 0 heterocycles. The molecule has 4 heteroatoms. The van der Waals surface area contributed by atoms with Crippen molar-refractivity contribution in [3.8, 4) is 0 Å². The lowest BCUT2D eigenvalue weighted by molar-refractivity contribution is -0.136. The minimum atomic E-state index is -0.758.